The Bertz CT molecular complexity index is 493. The van der Waals surface area contributed by atoms with E-state index >= 15 is 0 Å². The lowest BCUT2D eigenvalue weighted by Gasteiger charge is -2.13. The molecule has 0 saturated carbocycles. The Labute approximate surface area is 120 Å². The van der Waals surface area contributed by atoms with Gasteiger partial charge in [-0.25, -0.2) is 0 Å². The van der Waals surface area contributed by atoms with Gasteiger partial charge in [0, 0.05) is 13.6 Å². The van der Waals surface area contributed by atoms with Gasteiger partial charge in [0.1, 0.15) is 11.8 Å². The van der Waals surface area contributed by atoms with Gasteiger partial charge < -0.3 is 15.0 Å². The van der Waals surface area contributed by atoms with Gasteiger partial charge in [-0.15, -0.1) is 0 Å². The van der Waals surface area contributed by atoms with E-state index in [4.69, 9.17) is 4.74 Å². The highest BCUT2D eigenvalue weighted by Crippen LogP contribution is 2.23. The molecule has 0 unspecified atom stereocenters. The molecule has 102 valence electrons. The van der Waals surface area contributed by atoms with Gasteiger partial charge in [0.05, 0.1) is 4.47 Å². The van der Waals surface area contributed by atoms with Crippen molar-refractivity contribution in [1.29, 1.82) is 0 Å². The standard InChI is InChI=1S/C13H15BrN2O3/c1-16-7-6-10(13(16)18)15-12(17)8-19-11-5-3-2-4-9(11)14/h2-5,10H,6-8H2,1H3,(H,15,17)/t10-/m1/s1. The normalized spacial score (nSPS) is 18.5. The number of rotatable bonds is 4. The van der Waals surface area contributed by atoms with Gasteiger partial charge in [-0.05, 0) is 34.5 Å². The van der Waals surface area contributed by atoms with Crippen LogP contribution in [0.25, 0.3) is 0 Å². The molecule has 1 fully saturated rings. The molecule has 1 atom stereocenters. The van der Waals surface area contributed by atoms with E-state index in [1.807, 2.05) is 18.2 Å². The van der Waals surface area contributed by atoms with Crippen molar-refractivity contribution in [3.8, 4) is 5.75 Å². The van der Waals surface area contributed by atoms with E-state index in [-0.39, 0.29) is 18.4 Å². The average Bonchev–Trinajstić information content (AvgIpc) is 2.70. The van der Waals surface area contributed by atoms with Gasteiger partial charge in [0.25, 0.3) is 5.91 Å². The number of halogens is 1. The lowest BCUT2D eigenvalue weighted by atomic mass is 10.2. The van der Waals surface area contributed by atoms with E-state index in [9.17, 15) is 9.59 Å². The summed E-state index contributed by atoms with van der Waals surface area (Å²) in [6.07, 6.45) is 0.649. The first-order valence-corrected chi connectivity index (χ1v) is 6.79. The minimum Gasteiger partial charge on any atom is -0.483 e. The number of amides is 2. The zero-order valence-electron chi connectivity index (χ0n) is 10.6. The highest BCUT2D eigenvalue weighted by molar-refractivity contribution is 9.10. The summed E-state index contributed by atoms with van der Waals surface area (Å²) in [5.41, 5.74) is 0. The van der Waals surface area contributed by atoms with E-state index < -0.39 is 6.04 Å². The quantitative estimate of drug-likeness (QED) is 0.903. The third kappa shape index (κ3) is 3.47. The van der Waals surface area contributed by atoms with Crippen LogP contribution in [-0.2, 0) is 9.59 Å². The van der Waals surface area contributed by atoms with Crippen molar-refractivity contribution in [3.63, 3.8) is 0 Å². The summed E-state index contributed by atoms with van der Waals surface area (Å²) in [5.74, 6) is 0.270. The number of hydrogen-bond acceptors (Lipinski definition) is 3. The summed E-state index contributed by atoms with van der Waals surface area (Å²) in [4.78, 5) is 25.0. The minimum atomic E-state index is -0.416. The van der Waals surface area contributed by atoms with Crippen LogP contribution in [0.2, 0.25) is 0 Å². The van der Waals surface area contributed by atoms with Gasteiger partial charge in [0.15, 0.2) is 6.61 Å². The predicted molar refractivity (Wildman–Crippen MR) is 73.8 cm³/mol. The zero-order valence-corrected chi connectivity index (χ0v) is 12.1. The summed E-state index contributed by atoms with van der Waals surface area (Å²) < 4.78 is 6.18. The van der Waals surface area contributed by atoms with Gasteiger partial charge >= 0.3 is 0 Å². The SMILES string of the molecule is CN1CC[C@@H](NC(=O)COc2ccccc2Br)C1=O. The number of likely N-dealkylation sites (tertiary alicyclic amines) is 1. The summed E-state index contributed by atoms with van der Waals surface area (Å²) >= 11 is 3.33. The second kappa shape index (κ2) is 6.06. The second-order valence-electron chi connectivity index (χ2n) is 4.39. The Kier molecular flexibility index (Phi) is 4.42. The molecule has 1 aliphatic heterocycles. The number of benzene rings is 1. The molecule has 6 heteroatoms. The first-order chi connectivity index (χ1) is 9.08. The molecule has 5 nitrogen and oxygen atoms in total. The number of para-hydroxylation sites is 1. The Hall–Kier alpha value is -1.56. The van der Waals surface area contributed by atoms with Crippen LogP contribution < -0.4 is 10.1 Å². The molecule has 1 aromatic carbocycles. The van der Waals surface area contributed by atoms with Gasteiger partial charge in [0.2, 0.25) is 5.91 Å². The molecule has 0 aliphatic carbocycles. The second-order valence-corrected chi connectivity index (χ2v) is 5.24. The summed E-state index contributed by atoms with van der Waals surface area (Å²) in [6.45, 7) is 0.574. The zero-order chi connectivity index (χ0) is 13.8. The summed E-state index contributed by atoms with van der Waals surface area (Å²) in [7, 11) is 1.73. The van der Waals surface area contributed by atoms with Crippen LogP contribution in [0, 0.1) is 0 Å². The first kappa shape index (κ1) is 13.9. The summed E-state index contributed by atoms with van der Waals surface area (Å²) in [5, 5.41) is 2.68. The van der Waals surface area contributed by atoms with Crippen molar-refractivity contribution < 1.29 is 14.3 Å². The van der Waals surface area contributed by atoms with E-state index in [0.717, 1.165) is 4.47 Å². The number of nitrogens with zero attached hydrogens (tertiary/aromatic N) is 1. The van der Waals surface area contributed by atoms with Crippen LogP contribution >= 0.6 is 15.9 Å². The molecule has 0 bridgehead atoms. The van der Waals surface area contributed by atoms with Crippen molar-refractivity contribution >= 4 is 27.7 Å². The molecule has 0 spiro atoms. The number of carbonyl (C=O) groups excluding carboxylic acids is 2. The maximum Gasteiger partial charge on any atom is 0.258 e. The molecule has 1 N–H and O–H groups in total. The van der Waals surface area contributed by atoms with Crippen LogP contribution in [0.4, 0.5) is 0 Å². The predicted octanol–water partition coefficient (Wildman–Crippen LogP) is 1.17. The van der Waals surface area contributed by atoms with Gasteiger partial charge in [-0.3, -0.25) is 9.59 Å². The first-order valence-electron chi connectivity index (χ1n) is 5.99. The van der Waals surface area contributed by atoms with Crippen LogP contribution in [0.3, 0.4) is 0 Å². The smallest absolute Gasteiger partial charge is 0.258 e. The number of likely N-dealkylation sites (N-methyl/N-ethyl adjacent to an activating group) is 1. The fourth-order valence-corrected chi connectivity index (χ4v) is 2.30. The van der Waals surface area contributed by atoms with Crippen molar-refractivity contribution in [2.24, 2.45) is 0 Å². The molecular weight excluding hydrogens is 312 g/mol. The molecule has 1 aromatic rings. The Morgan fingerprint density at radius 1 is 1.53 bits per heavy atom. The lowest BCUT2D eigenvalue weighted by Crippen LogP contribution is -2.42. The van der Waals surface area contributed by atoms with Crippen LogP contribution in [0.1, 0.15) is 6.42 Å². The Morgan fingerprint density at radius 2 is 2.26 bits per heavy atom. The van der Waals surface area contributed by atoms with Crippen molar-refractivity contribution in [1.82, 2.24) is 10.2 Å². The highest BCUT2D eigenvalue weighted by Gasteiger charge is 2.30. The monoisotopic (exact) mass is 326 g/mol. The molecule has 0 radical (unpaired) electrons. The average molecular weight is 327 g/mol. The molecule has 2 amide bonds. The number of hydrogen-bond donors (Lipinski definition) is 1. The third-order valence-electron chi connectivity index (χ3n) is 2.96. The van der Waals surface area contributed by atoms with Gasteiger partial charge in [-0.2, -0.15) is 0 Å². The molecule has 19 heavy (non-hydrogen) atoms. The third-order valence-corrected chi connectivity index (χ3v) is 3.61. The number of ether oxygens (including phenoxy) is 1. The van der Waals surface area contributed by atoms with Crippen molar-refractivity contribution in [2.75, 3.05) is 20.2 Å². The molecule has 2 rings (SSSR count). The van der Waals surface area contributed by atoms with E-state index in [2.05, 4.69) is 21.2 Å². The molecule has 1 saturated heterocycles. The maximum absolute atomic E-state index is 11.7. The van der Waals surface area contributed by atoms with Crippen LogP contribution in [0.5, 0.6) is 5.75 Å². The van der Waals surface area contributed by atoms with E-state index in [1.54, 1.807) is 18.0 Å². The summed E-state index contributed by atoms with van der Waals surface area (Å²) in [6, 6.07) is 6.88. The maximum atomic E-state index is 11.7. The molecule has 1 heterocycles. The lowest BCUT2D eigenvalue weighted by molar-refractivity contribution is -0.132. The molecule has 1 aliphatic rings. The topological polar surface area (TPSA) is 58.6 Å². The molecule has 0 aromatic heterocycles. The van der Waals surface area contributed by atoms with E-state index in [0.29, 0.717) is 18.7 Å². The Morgan fingerprint density at radius 3 is 2.89 bits per heavy atom. The van der Waals surface area contributed by atoms with Crippen LogP contribution in [-0.4, -0.2) is 43.0 Å². The highest BCUT2D eigenvalue weighted by atomic mass is 79.9. The van der Waals surface area contributed by atoms with Crippen molar-refractivity contribution in [2.45, 2.75) is 12.5 Å². The van der Waals surface area contributed by atoms with Crippen LogP contribution in [0.15, 0.2) is 28.7 Å². The fourth-order valence-electron chi connectivity index (χ4n) is 1.90. The Balaban J connectivity index is 1.82. The largest absolute Gasteiger partial charge is 0.483 e. The fraction of sp³-hybridized carbons (Fsp3) is 0.385. The minimum absolute atomic E-state index is 0.0470. The molecular formula is C13H15BrN2O3. The van der Waals surface area contributed by atoms with Crippen molar-refractivity contribution in [3.05, 3.63) is 28.7 Å². The van der Waals surface area contributed by atoms with E-state index in [1.165, 1.54) is 0 Å². The number of nitrogens with one attached hydrogen (secondary N) is 1. The number of carbonyl (C=O) groups is 2. The van der Waals surface area contributed by atoms with Gasteiger partial charge in [-0.1, -0.05) is 12.1 Å².